The van der Waals surface area contributed by atoms with Crippen molar-refractivity contribution in [2.75, 3.05) is 13.2 Å². The number of amides is 1. The van der Waals surface area contributed by atoms with E-state index in [2.05, 4.69) is 35.7 Å². The van der Waals surface area contributed by atoms with Crippen molar-refractivity contribution in [1.29, 1.82) is 5.26 Å². The van der Waals surface area contributed by atoms with Crippen LogP contribution in [0.5, 0.6) is 0 Å². The molecule has 0 spiro atoms. The number of nitriles is 1. The van der Waals surface area contributed by atoms with Gasteiger partial charge in [0.05, 0.1) is 24.7 Å². The second kappa shape index (κ2) is 12.2. The molecule has 192 valence electrons. The van der Waals surface area contributed by atoms with Crippen LogP contribution in [0.25, 0.3) is 0 Å². The van der Waals surface area contributed by atoms with E-state index in [-0.39, 0.29) is 5.91 Å². The standard InChI is InChI=1S/C32H37N3O2/c1-31(34,21-26-12-6-3-7-13-26)24-37-22-27-18-28(20-29(19-27)32(23-33)15-8-9-16-32)30(36)35-17-14-25-10-4-2-5-11-25/h2-7,10-13,18-20H,8-9,14-17,21-22,24,34H2,1H3,(H,35,36). The van der Waals surface area contributed by atoms with Gasteiger partial charge in [-0.3, -0.25) is 4.79 Å². The summed E-state index contributed by atoms with van der Waals surface area (Å²) in [5.74, 6) is -0.127. The van der Waals surface area contributed by atoms with E-state index < -0.39 is 11.0 Å². The monoisotopic (exact) mass is 495 g/mol. The summed E-state index contributed by atoms with van der Waals surface area (Å²) < 4.78 is 6.08. The summed E-state index contributed by atoms with van der Waals surface area (Å²) in [6, 6.07) is 28.7. The Labute approximate surface area is 220 Å². The van der Waals surface area contributed by atoms with Crippen molar-refractivity contribution in [3.8, 4) is 6.07 Å². The van der Waals surface area contributed by atoms with Crippen molar-refractivity contribution < 1.29 is 9.53 Å². The molecule has 1 amide bonds. The van der Waals surface area contributed by atoms with E-state index in [1.807, 2.05) is 61.5 Å². The maximum absolute atomic E-state index is 13.1. The molecule has 1 unspecified atom stereocenters. The van der Waals surface area contributed by atoms with Crippen LogP contribution in [0.2, 0.25) is 0 Å². The first kappa shape index (κ1) is 26.6. The SMILES string of the molecule is CC(N)(COCc1cc(C(=O)NCCc2ccccc2)cc(C2(C#N)CCCC2)c1)Cc1ccccc1. The molecule has 0 bridgehead atoms. The van der Waals surface area contributed by atoms with Gasteiger partial charge in [-0.15, -0.1) is 0 Å². The number of rotatable bonds is 11. The minimum absolute atomic E-state index is 0.127. The molecule has 0 radical (unpaired) electrons. The Morgan fingerprint density at radius 3 is 2.30 bits per heavy atom. The van der Waals surface area contributed by atoms with Gasteiger partial charge in [-0.25, -0.2) is 0 Å². The Kier molecular flexibility index (Phi) is 8.76. The van der Waals surface area contributed by atoms with Gasteiger partial charge in [0.2, 0.25) is 0 Å². The van der Waals surface area contributed by atoms with Crippen LogP contribution in [-0.4, -0.2) is 24.6 Å². The lowest BCUT2D eigenvalue weighted by atomic mass is 9.79. The highest BCUT2D eigenvalue weighted by Crippen LogP contribution is 2.41. The first-order chi connectivity index (χ1) is 17.9. The lowest BCUT2D eigenvalue weighted by molar-refractivity contribution is 0.0789. The van der Waals surface area contributed by atoms with Gasteiger partial charge >= 0.3 is 0 Å². The van der Waals surface area contributed by atoms with Gasteiger partial charge in [0.1, 0.15) is 0 Å². The van der Waals surface area contributed by atoms with Crippen LogP contribution in [0, 0.1) is 11.3 Å². The van der Waals surface area contributed by atoms with Gasteiger partial charge in [-0.1, -0.05) is 79.6 Å². The van der Waals surface area contributed by atoms with E-state index in [4.69, 9.17) is 10.5 Å². The number of carbonyl (C=O) groups is 1. The molecule has 1 aliphatic carbocycles. The molecule has 3 aromatic rings. The summed E-state index contributed by atoms with van der Waals surface area (Å²) in [7, 11) is 0. The van der Waals surface area contributed by atoms with Gasteiger partial charge in [-0.2, -0.15) is 5.26 Å². The smallest absolute Gasteiger partial charge is 0.251 e. The third-order valence-electron chi connectivity index (χ3n) is 7.17. The van der Waals surface area contributed by atoms with Gasteiger partial charge in [0.15, 0.2) is 0 Å². The van der Waals surface area contributed by atoms with Crippen LogP contribution in [0.4, 0.5) is 0 Å². The summed E-state index contributed by atoms with van der Waals surface area (Å²) in [5.41, 5.74) is 10.2. The lowest BCUT2D eigenvalue weighted by Gasteiger charge is -2.25. The molecule has 3 N–H and O–H groups in total. The Morgan fingerprint density at radius 1 is 1.00 bits per heavy atom. The fraction of sp³-hybridized carbons (Fsp3) is 0.375. The highest BCUT2D eigenvalue weighted by molar-refractivity contribution is 5.94. The fourth-order valence-corrected chi connectivity index (χ4v) is 5.21. The molecule has 5 nitrogen and oxygen atoms in total. The van der Waals surface area contributed by atoms with Crippen LogP contribution in [0.3, 0.4) is 0 Å². The Hall–Kier alpha value is -3.46. The molecule has 0 heterocycles. The molecule has 1 fully saturated rings. The quantitative estimate of drug-likeness (QED) is 0.369. The topological polar surface area (TPSA) is 88.1 Å². The zero-order chi connectivity index (χ0) is 26.1. The van der Waals surface area contributed by atoms with E-state index in [9.17, 15) is 10.1 Å². The van der Waals surface area contributed by atoms with Crippen molar-refractivity contribution in [2.45, 2.75) is 63.0 Å². The Bertz CT molecular complexity index is 1210. The predicted octanol–water partition coefficient (Wildman–Crippen LogP) is 5.47. The predicted molar refractivity (Wildman–Crippen MR) is 147 cm³/mol. The van der Waals surface area contributed by atoms with Gasteiger partial charge in [0.25, 0.3) is 5.91 Å². The van der Waals surface area contributed by atoms with E-state index in [1.54, 1.807) is 0 Å². The zero-order valence-electron chi connectivity index (χ0n) is 21.7. The summed E-state index contributed by atoms with van der Waals surface area (Å²) in [5, 5.41) is 13.1. The molecular formula is C32H37N3O2. The number of hydrogen-bond donors (Lipinski definition) is 2. The lowest BCUT2D eigenvalue weighted by Crippen LogP contribution is -2.43. The molecule has 0 aliphatic heterocycles. The van der Waals surface area contributed by atoms with E-state index in [0.717, 1.165) is 43.2 Å². The maximum atomic E-state index is 13.1. The normalized spacial score (nSPS) is 16.0. The zero-order valence-corrected chi connectivity index (χ0v) is 21.7. The number of nitrogens with one attached hydrogen (secondary N) is 1. The van der Waals surface area contributed by atoms with Crippen LogP contribution in [-0.2, 0) is 29.6 Å². The number of carbonyl (C=O) groups excluding carboxylic acids is 1. The van der Waals surface area contributed by atoms with Crippen molar-refractivity contribution in [2.24, 2.45) is 5.73 Å². The highest BCUT2D eigenvalue weighted by atomic mass is 16.5. The number of hydrogen-bond acceptors (Lipinski definition) is 4. The molecule has 1 atom stereocenters. The van der Waals surface area contributed by atoms with Crippen molar-refractivity contribution >= 4 is 5.91 Å². The summed E-state index contributed by atoms with van der Waals surface area (Å²) in [4.78, 5) is 13.1. The average Bonchev–Trinajstić information content (AvgIpc) is 3.40. The number of nitrogens with two attached hydrogens (primary N) is 1. The minimum Gasteiger partial charge on any atom is -0.375 e. The van der Waals surface area contributed by atoms with Crippen molar-refractivity contribution in [3.05, 3.63) is 107 Å². The van der Waals surface area contributed by atoms with Crippen LogP contribution in [0.15, 0.2) is 78.9 Å². The minimum atomic E-state index is -0.537. The fourth-order valence-electron chi connectivity index (χ4n) is 5.21. The van der Waals surface area contributed by atoms with E-state index >= 15 is 0 Å². The summed E-state index contributed by atoms with van der Waals surface area (Å²) in [6.07, 6.45) is 5.17. The van der Waals surface area contributed by atoms with Crippen molar-refractivity contribution in [3.63, 3.8) is 0 Å². The molecule has 1 saturated carbocycles. The first-order valence-electron chi connectivity index (χ1n) is 13.2. The van der Waals surface area contributed by atoms with Gasteiger partial charge < -0.3 is 15.8 Å². The second-order valence-corrected chi connectivity index (χ2v) is 10.6. The van der Waals surface area contributed by atoms with Crippen molar-refractivity contribution in [1.82, 2.24) is 5.32 Å². The van der Waals surface area contributed by atoms with Gasteiger partial charge in [0, 0.05) is 17.6 Å². The highest BCUT2D eigenvalue weighted by Gasteiger charge is 2.36. The molecular weight excluding hydrogens is 458 g/mol. The molecule has 0 aromatic heterocycles. The maximum Gasteiger partial charge on any atom is 0.251 e. The van der Waals surface area contributed by atoms with E-state index in [1.165, 1.54) is 11.1 Å². The van der Waals surface area contributed by atoms with Gasteiger partial charge in [-0.05, 0) is 67.0 Å². The molecule has 5 heteroatoms. The second-order valence-electron chi connectivity index (χ2n) is 10.6. The molecule has 0 saturated heterocycles. The van der Waals surface area contributed by atoms with Crippen LogP contribution in [0.1, 0.15) is 65.2 Å². The van der Waals surface area contributed by atoms with E-state index in [0.29, 0.717) is 31.7 Å². The Balaban J connectivity index is 1.46. The summed E-state index contributed by atoms with van der Waals surface area (Å²) in [6.45, 7) is 3.26. The Morgan fingerprint density at radius 2 is 1.65 bits per heavy atom. The summed E-state index contributed by atoms with van der Waals surface area (Å²) >= 11 is 0. The number of nitrogens with zero attached hydrogens (tertiary/aromatic N) is 1. The molecule has 3 aromatic carbocycles. The third-order valence-corrected chi connectivity index (χ3v) is 7.17. The molecule has 37 heavy (non-hydrogen) atoms. The largest absolute Gasteiger partial charge is 0.375 e. The van der Waals surface area contributed by atoms with Crippen LogP contribution < -0.4 is 11.1 Å². The average molecular weight is 496 g/mol. The third kappa shape index (κ3) is 7.29. The number of ether oxygens (including phenoxy) is 1. The molecule has 4 rings (SSSR count). The number of benzene rings is 3. The molecule has 1 aliphatic rings. The first-order valence-corrected chi connectivity index (χ1v) is 13.2. The van der Waals surface area contributed by atoms with Crippen LogP contribution >= 0.6 is 0 Å².